The second-order valence-electron chi connectivity index (χ2n) is 8.10. The molecule has 0 heterocycles. The maximum atomic E-state index is 13.4. The van der Waals surface area contributed by atoms with Crippen LogP contribution >= 0.6 is 23.2 Å². The van der Waals surface area contributed by atoms with Crippen molar-refractivity contribution in [3.8, 4) is 11.5 Å². The van der Waals surface area contributed by atoms with Crippen molar-refractivity contribution in [1.82, 2.24) is 0 Å². The number of amides is 1. The van der Waals surface area contributed by atoms with E-state index < -0.39 is 26.7 Å². The van der Waals surface area contributed by atoms with Gasteiger partial charge in [-0.25, -0.2) is 0 Å². The number of azo groups is 1. The van der Waals surface area contributed by atoms with Crippen molar-refractivity contribution in [2.75, 3.05) is 12.4 Å². The van der Waals surface area contributed by atoms with E-state index in [2.05, 4.69) is 15.5 Å². The third-order valence-corrected chi connectivity index (χ3v) is 7.11. The predicted molar refractivity (Wildman–Crippen MR) is 144 cm³/mol. The molecular weight excluding hydrogens is 576 g/mol. The largest absolute Gasteiger partial charge is 1.00 e. The van der Waals surface area contributed by atoms with Gasteiger partial charge in [0.15, 0.2) is 0 Å². The molecular formula is C26H20Cl2N3NaO6S. The summed E-state index contributed by atoms with van der Waals surface area (Å²) in [6, 6.07) is 15.1. The number of nitrogens with zero attached hydrogens (tertiary/aromatic N) is 2. The number of aryl methyl sites for hydroxylation is 1. The standard InChI is InChI=1S/C26H21Cl2N3O6S.Na/c1-3-14-8-19(38(34,35)36)13-22(23(14)28)30-31-24-20-7-5-4-6-15(20)9-21(25(24)32)26(33)29-17-10-16(27)11-18(12-17)37-2;/h4-13,32H,3H2,1-2H3,(H,29,33)(H,34,35,36);/q;+1/p-1. The van der Waals surface area contributed by atoms with Crippen molar-refractivity contribution >= 4 is 67.1 Å². The van der Waals surface area contributed by atoms with Crippen molar-refractivity contribution in [3.05, 3.63) is 81.8 Å². The summed E-state index contributed by atoms with van der Waals surface area (Å²) in [6.45, 7) is 1.75. The number of benzene rings is 4. The fourth-order valence-corrected chi connectivity index (χ4v) is 4.81. The molecule has 13 heteroatoms. The quantitative estimate of drug-likeness (QED) is 0.189. The molecule has 2 N–H and O–H groups in total. The summed E-state index contributed by atoms with van der Waals surface area (Å²) in [6.07, 6.45) is 0.352. The fourth-order valence-electron chi connectivity index (χ4n) is 3.75. The summed E-state index contributed by atoms with van der Waals surface area (Å²) in [7, 11) is -3.10. The molecule has 0 radical (unpaired) electrons. The van der Waals surface area contributed by atoms with E-state index in [9.17, 15) is 22.9 Å². The van der Waals surface area contributed by atoms with E-state index in [1.807, 2.05) is 0 Å². The Morgan fingerprint density at radius 2 is 1.79 bits per heavy atom. The van der Waals surface area contributed by atoms with Gasteiger partial charge in [-0.05, 0) is 47.7 Å². The zero-order chi connectivity index (χ0) is 27.6. The number of anilines is 1. The summed E-state index contributed by atoms with van der Waals surface area (Å²) in [5.74, 6) is -1.00. The van der Waals surface area contributed by atoms with E-state index >= 15 is 0 Å². The Bertz CT molecular complexity index is 1710. The second kappa shape index (κ2) is 12.6. The van der Waals surface area contributed by atoms with Crippen LogP contribution < -0.4 is 44.7 Å². The first-order chi connectivity index (χ1) is 18.0. The molecule has 0 aliphatic heterocycles. The SMILES string of the molecule is CCc1cc(S(=O)(=O)O)cc(N=Nc2c([O-])c(C(=O)Nc3cc(Cl)cc(OC)c3)cc3ccccc23)c1Cl.[Na+]. The molecule has 0 saturated carbocycles. The number of halogens is 2. The van der Waals surface area contributed by atoms with Gasteiger partial charge < -0.3 is 15.2 Å². The number of carbonyl (C=O) groups is 1. The Hall–Kier alpha value is -2.70. The minimum atomic E-state index is -4.55. The first-order valence-corrected chi connectivity index (χ1v) is 13.3. The Morgan fingerprint density at radius 1 is 1.08 bits per heavy atom. The summed E-state index contributed by atoms with van der Waals surface area (Å²) < 4.78 is 38.1. The molecule has 0 bridgehead atoms. The van der Waals surface area contributed by atoms with Crippen molar-refractivity contribution in [2.24, 2.45) is 10.2 Å². The number of fused-ring (bicyclic) bond motifs is 1. The van der Waals surface area contributed by atoms with E-state index in [1.165, 1.54) is 25.3 Å². The molecule has 0 spiro atoms. The Kier molecular flexibility index (Phi) is 10.0. The monoisotopic (exact) mass is 595 g/mol. The van der Waals surface area contributed by atoms with Gasteiger partial charge in [0, 0.05) is 27.7 Å². The maximum absolute atomic E-state index is 13.4. The van der Waals surface area contributed by atoms with Crippen LogP contribution in [0.3, 0.4) is 0 Å². The number of nitrogens with one attached hydrogen (secondary N) is 1. The molecule has 4 aromatic carbocycles. The average molecular weight is 596 g/mol. The van der Waals surface area contributed by atoms with E-state index in [-0.39, 0.29) is 51.5 Å². The smallest absolute Gasteiger partial charge is 0.870 e. The molecule has 0 saturated heterocycles. The summed E-state index contributed by atoms with van der Waals surface area (Å²) in [5.41, 5.74) is 0.305. The number of ether oxygens (including phenoxy) is 1. The van der Waals surface area contributed by atoms with Crippen LogP contribution in [-0.2, 0) is 16.5 Å². The Labute approximate surface area is 256 Å². The van der Waals surface area contributed by atoms with Crippen molar-refractivity contribution in [3.63, 3.8) is 0 Å². The van der Waals surface area contributed by atoms with Crippen LogP contribution in [0.25, 0.3) is 10.8 Å². The molecule has 0 aromatic heterocycles. The number of rotatable bonds is 7. The Morgan fingerprint density at radius 3 is 2.46 bits per heavy atom. The van der Waals surface area contributed by atoms with Crippen molar-refractivity contribution in [1.29, 1.82) is 0 Å². The predicted octanol–water partition coefficient (Wildman–Crippen LogP) is 3.71. The normalized spacial score (nSPS) is 11.4. The van der Waals surface area contributed by atoms with Crippen LogP contribution in [0.15, 0.2) is 75.8 Å². The van der Waals surface area contributed by atoms with Gasteiger partial charge >= 0.3 is 29.6 Å². The molecule has 0 unspecified atom stereocenters. The van der Waals surface area contributed by atoms with Gasteiger partial charge in [-0.3, -0.25) is 9.35 Å². The number of carbonyl (C=O) groups excluding carboxylic acids is 1. The molecule has 9 nitrogen and oxygen atoms in total. The van der Waals surface area contributed by atoms with Crippen LogP contribution in [0.2, 0.25) is 10.0 Å². The van der Waals surface area contributed by atoms with Crippen LogP contribution in [0.1, 0.15) is 22.8 Å². The third-order valence-electron chi connectivity index (χ3n) is 5.62. The Balaban J connectivity index is 0.00000420. The molecule has 4 aromatic rings. The van der Waals surface area contributed by atoms with E-state index in [1.54, 1.807) is 43.3 Å². The van der Waals surface area contributed by atoms with Gasteiger partial charge in [0.05, 0.1) is 22.7 Å². The van der Waals surface area contributed by atoms with Gasteiger partial charge in [0.25, 0.3) is 16.0 Å². The minimum Gasteiger partial charge on any atom is -0.870 e. The molecule has 196 valence electrons. The molecule has 1 amide bonds. The van der Waals surface area contributed by atoms with E-state index in [0.29, 0.717) is 39.2 Å². The minimum absolute atomic E-state index is 0. The first-order valence-electron chi connectivity index (χ1n) is 11.1. The number of methoxy groups -OCH3 is 1. The zero-order valence-electron chi connectivity index (χ0n) is 21.0. The fraction of sp³-hybridized carbons (Fsp3) is 0.115. The van der Waals surface area contributed by atoms with Crippen molar-refractivity contribution in [2.45, 2.75) is 18.2 Å². The molecule has 39 heavy (non-hydrogen) atoms. The molecule has 0 fully saturated rings. The first kappa shape index (κ1) is 30.8. The third kappa shape index (κ3) is 6.90. The van der Waals surface area contributed by atoms with Crippen LogP contribution in [0.5, 0.6) is 11.5 Å². The molecule has 4 rings (SSSR count). The van der Waals surface area contributed by atoms with Crippen LogP contribution in [-0.4, -0.2) is 26.0 Å². The van der Waals surface area contributed by atoms with E-state index in [4.69, 9.17) is 27.9 Å². The second-order valence-corrected chi connectivity index (χ2v) is 10.3. The molecule has 0 aliphatic rings. The van der Waals surface area contributed by atoms with Crippen molar-refractivity contribution < 1.29 is 57.2 Å². The van der Waals surface area contributed by atoms with Gasteiger partial charge in [-0.1, -0.05) is 60.1 Å². The van der Waals surface area contributed by atoms with Crippen LogP contribution in [0, 0.1) is 0 Å². The summed E-state index contributed by atoms with van der Waals surface area (Å²) >= 11 is 12.5. The van der Waals surface area contributed by atoms with Gasteiger partial charge in [-0.15, -0.1) is 5.11 Å². The number of hydrogen-bond acceptors (Lipinski definition) is 7. The molecule has 0 aliphatic carbocycles. The topological polar surface area (TPSA) is 140 Å². The summed E-state index contributed by atoms with van der Waals surface area (Å²) in [5, 5.41) is 25.6. The van der Waals surface area contributed by atoms with E-state index in [0.717, 1.165) is 6.07 Å². The zero-order valence-corrected chi connectivity index (χ0v) is 25.4. The van der Waals surface area contributed by atoms with Gasteiger partial charge in [0.1, 0.15) is 11.4 Å². The molecule has 0 atom stereocenters. The van der Waals surface area contributed by atoms with Gasteiger partial charge in [0.2, 0.25) is 0 Å². The summed E-state index contributed by atoms with van der Waals surface area (Å²) in [4.78, 5) is 12.7. The van der Waals surface area contributed by atoms with Gasteiger partial charge in [-0.2, -0.15) is 13.5 Å². The maximum Gasteiger partial charge on any atom is 1.00 e. The van der Waals surface area contributed by atoms with Crippen LogP contribution in [0.4, 0.5) is 17.1 Å². The average Bonchev–Trinajstić information content (AvgIpc) is 2.87. The number of hydrogen-bond donors (Lipinski definition) is 2.